The van der Waals surface area contributed by atoms with Crippen LogP contribution in [0, 0.1) is 45.6 Å². The summed E-state index contributed by atoms with van der Waals surface area (Å²) in [6.45, 7) is 23.2. The summed E-state index contributed by atoms with van der Waals surface area (Å²) in [5.41, 5.74) is 1.08. The molecule has 1 aromatic carbocycles. The van der Waals surface area contributed by atoms with Gasteiger partial charge in [-0.3, -0.25) is 0 Å². The molecule has 0 heterocycles. The van der Waals surface area contributed by atoms with E-state index in [0.717, 1.165) is 23.0 Å². The Hall–Kier alpha value is -2.16. The Morgan fingerprint density at radius 3 is 1.71 bits per heavy atom. The van der Waals surface area contributed by atoms with Crippen LogP contribution >= 0.6 is 0 Å². The molecule has 0 aliphatic carbocycles. The maximum atomic E-state index is 7.50. The fourth-order valence-electron chi connectivity index (χ4n) is 0.997. The molecule has 1 rings (SSSR count). The maximum absolute atomic E-state index is 7.50. The summed E-state index contributed by atoms with van der Waals surface area (Å²) >= 11 is 2.91. The van der Waals surface area contributed by atoms with Crippen molar-refractivity contribution < 1.29 is 43.8 Å². The summed E-state index contributed by atoms with van der Waals surface area (Å²) in [5.74, 6) is 2.58. The second-order valence-corrected chi connectivity index (χ2v) is 3.39. The number of hydrogen-bond acceptors (Lipinski definition) is 1. The van der Waals surface area contributed by atoms with Crippen LogP contribution in [0.4, 0.5) is 0 Å². The van der Waals surface area contributed by atoms with Crippen LogP contribution in [0.1, 0.15) is 18.4 Å². The van der Waals surface area contributed by atoms with Gasteiger partial charge in [-0.25, -0.2) is 0 Å². The fourth-order valence-corrected chi connectivity index (χ4v) is 1.34. The molecule has 0 aromatic heterocycles. The van der Waals surface area contributed by atoms with Crippen molar-refractivity contribution >= 4 is 4.57 Å². The van der Waals surface area contributed by atoms with E-state index in [9.17, 15) is 0 Å². The topological polar surface area (TPSA) is 109 Å². The van der Waals surface area contributed by atoms with E-state index in [-0.39, 0.29) is 0 Å². The number of ether oxygens (including phenoxy) is 1. The number of rotatable bonds is 5. The van der Waals surface area contributed by atoms with Gasteiger partial charge in [0.2, 0.25) is 0 Å². The van der Waals surface area contributed by atoms with Crippen molar-refractivity contribution in [3.8, 4) is 12.3 Å². The molecule has 0 unspecified atom stereocenters. The first-order chi connectivity index (χ1) is 11.8. The molecule has 6 nitrogen and oxygen atoms in total. The van der Waals surface area contributed by atoms with Gasteiger partial charge in [-0.15, -0.1) is 0 Å². The van der Waals surface area contributed by atoms with E-state index in [4.69, 9.17) is 34.4 Å². The first-order valence-corrected chi connectivity index (χ1v) is 6.16. The number of terminal acetylenes is 1. The predicted octanol–water partition coefficient (Wildman–Crippen LogP) is 1.95. The van der Waals surface area contributed by atoms with E-state index in [0.29, 0.717) is 6.61 Å². The van der Waals surface area contributed by atoms with E-state index in [1.165, 1.54) is 0 Å². The second-order valence-electron chi connectivity index (χ2n) is 2.81. The van der Waals surface area contributed by atoms with E-state index in [1.807, 2.05) is 30.3 Å². The van der Waals surface area contributed by atoms with Crippen molar-refractivity contribution in [1.82, 2.24) is 0 Å². The SMILES string of the molecule is C#CCCCO[C](=[Cr])c1ccccc1.[C-]#[O+].[C-]#[O+].[C-]#[O+].[C-]#[O+].[C-]#[O+]. The standard InChI is InChI=1S/C12H12O.5CO.Cr/c1-2-3-7-10-13-11-12-8-5-4-6-9-12;5*1-2;/h1,4-6,8-9H,3,7,10H2;;;;;;. The van der Waals surface area contributed by atoms with Gasteiger partial charge in [0.05, 0.1) is 0 Å². The van der Waals surface area contributed by atoms with Crippen molar-refractivity contribution in [3.05, 3.63) is 69.1 Å². The minimum atomic E-state index is 0.668. The van der Waals surface area contributed by atoms with Gasteiger partial charge >= 0.3 is 149 Å². The van der Waals surface area contributed by atoms with Crippen molar-refractivity contribution in [2.45, 2.75) is 12.8 Å². The van der Waals surface area contributed by atoms with Gasteiger partial charge in [0.1, 0.15) is 0 Å². The Morgan fingerprint density at radius 1 is 0.917 bits per heavy atom. The first-order valence-electron chi connectivity index (χ1n) is 5.52. The van der Waals surface area contributed by atoms with Crippen LogP contribution in [-0.2, 0) is 43.8 Å². The van der Waals surface area contributed by atoms with Crippen molar-refractivity contribution in [2.75, 3.05) is 6.61 Å². The van der Waals surface area contributed by atoms with Crippen molar-refractivity contribution in [1.29, 1.82) is 0 Å². The second kappa shape index (κ2) is 42.8. The van der Waals surface area contributed by atoms with Crippen LogP contribution in [0.3, 0.4) is 0 Å². The van der Waals surface area contributed by atoms with Crippen LogP contribution in [0.15, 0.2) is 30.3 Å². The van der Waals surface area contributed by atoms with Gasteiger partial charge < -0.3 is 0 Å². The third-order valence-corrected chi connectivity index (χ3v) is 2.26. The summed E-state index contributed by atoms with van der Waals surface area (Å²) in [5, 5.41) is 0. The Morgan fingerprint density at radius 2 is 1.33 bits per heavy atom. The van der Waals surface area contributed by atoms with E-state index in [2.05, 4.69) is 55.0 Å². The van der Waals surface area contributed by atoms with Gasteiger partial charge in [-0.1, -0.05) is 0 Å². The van der Waals surface area contributed by atoms with Crippen LogP contribution in [0.2, 0.25) is 0 Å². The Kier molecular flexibility index (Phi) is 59.7. The normalized spacial score (nSPS) is 5.88. The van der Waals surface area contributed by atoms with Gasteiger partial charge in [0, 0.05) is 0 Å². The quantitative estimate of drug-likeness (QED) is 0.338. The number of unbranched alkanes of at least 4 members (excludes halogenated alkanes) is 1. The Balaban J connectivity index is -0.000000103. The summed E-state index contributed by atoms with van der Waals surface area (Å²) < 4.78 is 43.8. The Bertz CT molecular complexity index is 485. The van der Waals surface area contributed by atoms with Crippen molar-refractivity contribution in [3.63, 3.8) is 0 Å². The average Bonchev–Trinajstić information content (AvgIpc) is 2.73. The van der Waals surface area contributed by atoms with Gasteiger partial charge in [0.15, 0.2) is 0 Å². The van der Waals surface area contributed by atoms with Gasteiger partial charge in [-0.05, 0) is 0 Å². The average molecular weight is 364 g/mol. The van der Waals surface area contributed by atoms with E-state index < -0.39 is 0 Å². The molecule has 0 atom stereocenters. The molecular formula is C17H12CrO6. The summed E-state index contributed by atoms with van der Waals surface area (Å²) in [6.07, 6.45) is 6.80. The molecule has 0 radical (unpaired) electrons. The summed E-state index contributed by atoms with van der Waals surface area (Å²) in [7, 11) is 0. The number of benzene rings is 1. The molecule has 0 aliphatic rings. The van der Waals surface area contributed by atoms with Gasteiger partial charge in [-0.2, -0.15) is 0 Å². The fraction of sp³-hybridized carbons (Fsp3) is 0.176. The van der Waals surface area contributed by atoms with E-state index >= 15 is 0 Å². The minimum absolute atomic E-state index is 0.668. The zero-order valence-corrected chi connectivity index (χ0v) is 13.7. The molecule has 24 heavy (non-hydrogen) atoms. The third-order valence-electron chi connectivity index (χ3n) is 1.71. The molecule has 1 aromatic rings. The van der Waals surface area contributed by atoms with Gasteiger partial charge in [0.25, 0.3) is 0 Å². The molecule has 0 saturated carbocycles. The van der Waals surface area contributed by atoms with Crippen LogP contribution < -0.4 is 0 Å². The van der Waals surface area contributed by atoms with Crippen molar-refractivity contribution in [2.24, 2.45) is 0 Å². The first kappa shape index (κ1) is 33.4. The predicted molar refractivity (Wildman–Crippen MR) is 74.2 cm³/mol. The number of hydrogen-bond donors (Lipinski definition) is 0. The van der Waals surface area contributed by atoms with Crippen LogP contribution in [-0.4, -0.2) is 11.2 Å². The molecule has 0 amide bonds. The zero-order valence-electron chi connectivity index (χ0n) is 12.4. The monoisotopic (exact) mass is 364 g/mol. The Labute approximate surface area is 149 Å². The molecule has 7 heteroatoms. The zero-order chi connectivity index (χ0) is 20.2. The molecule has 0 saturated heterocycles. The summed E-state index contributed by atoms with van der Waals surface area (Å²) in [4.78, 5) is 0. The molecule has 0 aliphatic heterocycles. The van der Waals surface area contributed by atoms with E-state index in [1.54, 1.807) is 0 Å². The molecular weight excluding hydrogens is 352 g/mol. The molecule has 0 bridgehead atoms. The molecule has 0 N–H and O–H groups in total. The third kappa shape index (κ3) is 28.1. The molecule has 0 spiro atoms. The summed E-state index contributed by atoms with van der Waals surface area (Å²) in [6, 6.07) is 9.96. The van der Waals surface area contributed by atoms with Crippen LogP contribution in [0.5, 0.6) is 0 Å². The van der Waals surface area contributed by atoms with Crippen LogP contribution in [0.25, 0.3) is 0 Å². The molecule has 122 valence electrons. The molecule has 0 fully saturated rings.